The first-order valence-electron chi connectivity index (χ1n) is 11.9. The van der Waals surface area contributed by atoms with E-state index in [-0.39, 0.29) is 11.5 Å². The molecule has 1 saturated carbocycles. The maximum absolute atomic E-state index is 5.70. The van der Waals surface area contributed by atoms with Crippen LogP contribution < -0.4 is 10.2 Å². The fourth-order valence-corrected chi connectivity index (χ4v) is 5.58. The number of allylic oxidation sites excluding steroid dienone is 3. The van der Waals surface area contributed by atoms with Gasteiger partial charge in [0, 0.05) is 29.5 Å². The highest BCUT2D eigenvalue weighted by atomic mass is 79.9. The van der Waals surface area contributed by atoms with Crippen LogP contribution in [-0.2, 0) is 4.74 Å². The van der Waals surface area contributed by atoms with Gasteiger partial charge in [0.05, 0.1) is 18.1 Å². The van der Waals surface area contributed by atoms with E-state index in [1.54, 1.807) is 6.20 Å². The standard InChI is InChI=1S/C25H32BrN5O/c1-17-16-31(12-13-32-17)24-29-22-21(14-19(26)15-27-22)23(30-24)28-20-8-10-25(2,11-9-20)18-6-4-3-5-7-18/h8-10,14-15,17-18H,3-7,11-13,16H2,1-2H3,(H,27,28,29,30)/t17-,25?/m1/s1. The summed E-state index contributed by atoms with van der Waals surface area (Å²) >= 11 is 3.55. The SMILES string of the molecule is C[C@@H]1CN(c2nc(NC3=CCC(C)(C4CCCCC4)C=C3)c3cc(Br)cnc3n2)CCO1. The number of anilines is 2. The third-order valence-corrected chi connectivity index (χ3v) is 7.67. The number of aromatic nitrogens is 3. The average Bonchev–Trinajstić information content (AvgIpc) is 2.81. The fourth-order valence-electron chi connectivity index (χ4n) is 5.25. The molecule has 2 aromatic heterocycles. The van der Waals surface area contributed by atoms with Crippen molar-refractivity contribution in [1.29, 1.82) is 0 Å². The van der Waals surface area contributed by atoms with Crippen LogP contribution in [0.5, 0.6) is 0 Å². The lowest BCUT2D eigenvalue weighted by atomic mass is 9.67. The summed E-state index contributed by atoms with van der Waals surface area (Å²) in [4.78, 5) is 16.4. The molecule has 0 spiro atoms. The predicted molar refractivity (Wildman–Crippen MR) is 133 cm³/mol. The number of pyridine rings is 1. The Balaban J connectivity index is 1.42. The van der Waals surface area contributed by atoms with Gasteiger partial charge in [0.15, 0.2) is 5.65 Å². The third kappa shape index (κ3) is 4.55. The molecule has 1 saturated heterocycles. The summed E-state index contributed by atoms with van der Waals surface area (Å²) in [6.45, 7) is 6.76. The summed E-state index contributed by atoms with van der Waals surface area (Å²) in [5, 5.41) is 4.50. The zero-order valence-corrected chi connectivity index (χ0v) is 20.6. The van der Waals surface area contributed by atoms with E-state index in [9.17, 15) is 0 Å². The molecule has 2 aromatic rings. The number of hydrogen-bond acceptors (Lipinski definition) is 6. The molecule has 0 radical (unpaired) electrons. The van der Waals surface area contributed by atoms with E-state index < -0.39 is 0 Å². The van der Waals surface area contributed by atoms with E-state index in [1.165, 1.54) is 32.1 Å². The second-order valence-corrected chi connectivity index (χ2v) is 10.6. The molecule has 1 N–H and O–H groups in total. The van der Waals surface area contributed by atoms with Crippen LogP contribution >= 0.6 is 15.9 Å². The zero-order chi connectivity index (χ0) is 22.1. The molecule has 1 aliphatic heterocycles. The Morgan fingerprint density at radius 1 is 1.22 bits per heavy atom. The molecule has 2 fully saturated rings. The number of nitrogens with one attached hydrogen (secondary N) is 1. The number of morpholine rings is 1. The van der Waals surface area contributed by atoms with E-state index in [0.717, 1.165) is 46.8 Å². The van der Waals surface area contributed by atoms with Gasteiger partial charge in [0.1, 0.15) is 5.82 Å². The van der Waals surface area contributed by atoms with Crippen molar-refractivity contribution >= 4 is 38.7 Å². The molecule has 5 rings (SSSR count). The van der Waals surface area contributed by atoms with Crippen LogP contribution in [0.3, 0.4) is 0 Å². The van der Waals surface area contributed by atoms with Crippen LogP contribution in [-0.4, -0.2) is 40.8 Å². The van der Waals surface area contributed by atoms with Gasteiger partial charge in [-0.3, -0.25) is 0 Å². The van der Waals surface area contributed by atoms with E-state index in [1.807, 2.05) is 6.07 Å². The lowest BCUT2D eigenvalue weighted by Crippen LogP contribution is -2.42. The third-order valence-electron chi connectivity index (χ3n) is 7.24. The summed E-state index contributed by atoms with van der Waals surface area (Å²) in [7, 11) is 0. The molecule has 3 heterocycles. The van der Waals surface area contributed by atoms with Crippen molar-refractivity contribution in [2.24, 2.45) is 11.3 Å². The predicted octanol–water partition coefficient (Wildman–Crippen LogP) is 5.85. The Morgan fingerprint density at radius 3 is 2.81 bits per heavy atom. The van der Waals surface area contributed by atoms with Crippen molar-refractivity contribution in [3.63, 3.8) is 0 Å². The molecule has 170 valence electrons. The van der Waals surface area contributed by atoms with Gasteiger partial charge in [-0.1, -0.05) is 38.3 Å². The summed E-state index contributed by atoms with van der Waals surface area (Å²) in [6.07, 6.45) is 16.9. The minimum absolute atomic E-state index is 0.166. The Bertz CT molecular complexity index is 1050. The van der Waals surface area contributed by atoms with Gasteiger partial charge in [-0.2, -0.15) is 9.97 Å². The van der Waals surface area contributed by atoms with Crippen molar-refractivity contribution in [2.75, 3.05) is 29.9 Å². The lowest BCUT2D eigenvalue weighted by Gasteiger charge is -2.39. The normalized spacial score (nSPS) is 26.9. The molecule has 6 nitrogen and oxygen atoms in total. The molecule has 2 aliphatic carbocycles. The number of halogens is 1. The van der Waals surface area contributed by atoms with E-state index in [2.05, 4.69) is 63.2 Å². The molecule has 1 unspecified atom stereocenters. The average molecular weight is 498 g/mol. The van der Waals surface area contributed by atoms with Crippen LogP contribution in [0, 0.1) is 11.3 Å². The highest BCUT2D eigenvalue weighted by molar-refractivity contribution is 9.10. The van der Waals surface area contributed by atoms with Gasteiger partial charge in [-0.05, 0) is 65.6 Å². The first-order valence-corrected chi connectivity index (χ1v) is 12.7. The van der Waals surface area contributed by atoms with E-state index in [0.29, 0.717) is 18.2 Å². The topological polar surface area (TPSA) is 63.2 Å². The van der Waals surface area contributed by atoms with Gasteiger partial charge in [-0.25, -0.2) is 4.98 Å². The highest BCUT2D eigenvalue weighted by Gasteiger charge is 2.33. The van der Waals surface area contributed by atoms with Crippen LogP contribution in [0.2, 0.25) is 0 Å². The van der Waals surface area contributed by atoms with Crippen LogP contribution in [0.1, 0.15) is 52.4 Å². The smallest absolute Gasteiger partial charge is 0.229 e. The lowest BCUT2D eigenvalue weighted by molar-refractivity contribution is 0.0526. The largest absolute Gasteiger partial charge is 0.375 e. The van der Waals surface area contributed by atoms with Crippen LogP contribution in [0.15, 0.2) is 40.7 Å². The maximum Gasteiger partial charge on any atom is 0.229 e. The summed E-state index contributed by atoms with van der Waals surface area (Å²) < 4.78 is 6.62. The Labute approximate surface area is 198 Å². The molecular weight excluding hydrogens is 466 g/mol. The fraction of sp³-hybridized carbons (Fsp3) is 0.560. The Kier molecular flexibility index (Phi) is 6.21. The monoisotopic (exact) mass is 497 g/mol. The van der Waals surface area contributed by atoms with Crippen molar-refractivity contribution in [3.05, 3.63) is 40.7 Å². The van der Waals surface area contributed by atoms with Crippen molar-refractivity contribution in [2.45, 2.75) is 58.5 Å². The van der Waals surface area contributed by atoms with Crippen LogP contribution in [0.4, 0.5) is 11.8 Å². The summed E-state index contributed by atoms with van der Waals surface area (Å²) in [5.74, 6) is 2.30. The zero-order valence-electron chi connectivity index (χ0n) is 19.0. The maximum atomic E-state index is 5.70. The van der Waals surface area contributed by atoms with Crippen LogP contribution in [0.25, 0.3) is 11.0 Å². The minimum Gasteiger partial charge on any atom is -0.375 e. The van der Waals surface area contributed by atoms with Gasteiger partial charge in [0.25, 0.3) is 0 Å². The second kappa shape index (κ2) is 9.10. The first-order chi connectivity index (χ1) is 15.5. The second-order valence-electron chi connectivity index (χ2n) is 9.69. The summed E-state index contributed by atoms with van der Waals surface area (Å²) in [5.41, 5.74) is 2.06. The number of ether oxygens (including phenoxy) is 1. The summed E-state index contributed by atoms with van der Waals surface area (Å²) in [6, 6.07) is 2.04. The molecule has 7 heteroatoms. The first kappa shape index (κ1) is 21.8. The van der Waals surface area contributed by atoms with Gasteiger partial charge < -0.3 is 15.0 Å². The molecular formula is C25H32BrN5O. The van der Waals surface area contributed by atoms with Crippen molar-refractivity contribution in [1.82, 2.24) is 15.0 Å². The molecule has 3 aliphatic rings. The Hall–Kier alpha value is -1.99. The van der Waals surface area contributed by atoms with Gasteiger partial charge >= 0.3 is 0 Å². The van der Waals surface area contributed by atoms with E-state index >= 15 is 0 Å². The Morgan fingerprint density at radius 2 is 2.06 bits per heavy atom. The van der Waals surface area contributed by atoms with Gasteiger partial charge in [-0.15, -0.1) is 0 Å². The minimum atomic E-state index is 0.166. The van der Waals surface area contributed by atoms with Crippen molar-refractivity contribution < 1.29 is 4.74 Å². The molecule has 2 atom stereocenters. The van der Waals surface area contributed by atoms with E-state index in [4.69, 9.17) is 14.7 Å². The number of hydrogen-bond donors (Lipinski definition) is 1. The highest BCUT2D eigenvalue weighted by Crippen LogP contribution is 2.44. The number of nitrogens with zero attached hydrogens (tertiary/aromatic N) is 4. The van der Waals surface area contributed by atoms with Crippen molar-refractivity contribution in [3.8, 4) is 0 Å². The van der Waals surface area contributed by atoms with Gasteiger partial charge in [0.2, 0.25) is 5.95 Å². The molecule has 0 amide bonds. The number of rotatable bonds is 4. The molecule has 32 heavy (non-hydrogen) atoms. The molecule has 0 bridgehead atoms. The quantitative estimate of drug-likeness (QED) is 0.570. The molecule has 0 aromatic carbocycles. The number of fused-ring (bicyclic) bond motifs is 1.